The molecule has 0 aliphatic carbocycles. The molecule has 2 N–H and O–H groups in total. The molecule has 9 heteroatoms. The maximum Gasteiger partial charge on any atom is 0.282 e. The van der Waals surface area contributed by atoms with E-state index >= 15 is 0 Å². The van der Waals surface area contributed by atoms with E-state index in [1.54, 1.807) is 24.3 Å². The van der Waals surface area contributed by atoms with Gasteiger partial charge in [0.05, 0.1) is 6.54 Å². The molecule has 1 aliphatic heterocycles. The third kappa shape index (κ3) is 5.30. The van der Waals surface area contributed by atoms with Gasteiger partial charge in [-0.25, -0.2) is 8.78 Å². The Labute approximate surface area is 182 Å². The van der Waals surface area contributed by atoms with Crippen molar-refractivity contribution in [2.24, 2.45) is 0 Å². The van der Waals surface area contributed by atoms with Crippen LogP contribution in [0.4, 0.5) is 8.78 Å². The molecule has 0 atom stereocenters. The van der Waals surface area contributed by atoms with Crippen LogP contribution in [-0.4, -0.2) is 29.3 Å². The van der Waals surface area contributed by atoms with Crippen LogP contribution in [0, 0.1) is 11.6 Å². The van der Waals surface area contributed by atoms with Gasteiger partial charge >= 0.3 is 0 Å². The van der Waals surface area contributed by atoms with E-state index in [2.05, 4.69) is 20.8 Å². The van der Waals surface area contributed by atoms with Gasteiger partial charge in [-0.15, -0.1) is 10.2 Å². The molecule has 4 rings (SSSR count). The van der Waals surface area contributed by atoms with E-state index in [0.717, 1.165) is 24.0 Å². The fourth-order valence-electron chi connectivity index (χ4n) is 3.58. The van der Waals surface area contributed by atoms with Crippen molar-refractivity contribution in [3.8, 4) is 0 Å². The topological polar surface area (TPSA) is 76.1 Å². The molecule has 0 saturated carbocycles. The molecule has 0 radical (unpaired) electrons. The quantitative estimate of drug-likeness (QED) is 0.583. The Morgan fingerprint density at radius 3 is 2.29 bits per heavy atom. The highest BCUT2D eigenvalue weighted by atomic mass is 32.1. The zero-order chi connectivity index (χ0) is 21.7. The lowest BCUT2D eigenvalue weighted by molar-refractivity contribution is 0.0357. The summed E-state index contributed by atoms with van der Waals surface area (Å²) in [4.78, 5) is 12.4. The molecule has 0 bridgehead atoms. The molecule has 1 fully saturated rings. The number of ether oxygens (including phenoxy) is 1. The smallest absolute Gasteiger partial charge is 0.282 e. The molecular formula is C22H22F2N4O2S. The predicted octanol–water partition coefficient (Wildman–Crippen LogP) is 3.54. The lowest BCUT2D eigenvalue weighted by atomic mass is 9.82. The van der Waals surface area contributed by atoms with Crippen molar-refractivity contribution in [3.05, 3.63) is 81.3 Å². The van der Waals surface area contributed by atoms with E-state index < -0.39 is 0 Å². The Morgan fingerprint density at radius 2 is 1.61 bits per heavy atom. The van der Waals surface area contributed by atoms with Crippen molar-refractivity contribution in [2.45, 2.75) is 31.5 Å². The monoisotopic (exact) mass is 444 g/mol. The van der Waals surface area contributed by atoms with Crippen LogP contribution in [0.25, 0.3) is 0 Å². The lowest BCUT2D eigenvalue weighted by Crippen LogP contribution is -2.46. The number of nitrogens with zero attached hydrogens (tertiary/aromatic N) is 2. The molecule has 6 nitrogen and oxygen atoms in total. The van der Waals surface area contributed by atoms with Gasteiger partial charge in [-0.3, -0.25) is 4.79 Å². The summed E-state index contributed by atoms with van der Waals surface area (Å²) < 4.78 is 31.9. The number of rotatable bonds is 7. The summed E-state index contributed by atoms with van der Waals surface area (Å²) in [6.07, 6.45) is 1.50. The van der Waals surface area contributed by atoms with Gasteiger partial charge in [0.2, 0.25) is 5.01 Å². The fraction of sp³-hybridized carbons (Fsp3) is 0.318. The Balaban J connectivity index is 1.38. The Hall–Kier alpha value is -2.75. The Morgan fingerprint density at radius 1 is 0.968 bits per heavy atom. The number of halogens is 2. The number of aromatic nitrogens is 2. The first-order chi connectivity index (χ1) is 15.0. The van der Waals surface area contributed by atoms with Gasteiger partial charge in [-0.1, -0.05) is 35.6 Å². The van der Waals surface area contributed by atoms with Crippen molar-refractivity contribution < 1.29 is 18.3 Å². The maximum absolute atomic E-state index is 13.4. The van der Waals surface area contributed by atoms with Crippen LogP contribution >= 0.6 is 11.3 Å². The molecule has 31 heavy (non-hydrogen) atoms. The third-order valence-electron chi connectivity index (χ3n) is 5.35. The van der Waals surface area contributed by atoms with Gasteiger partial charge in [0.1, 0.15) is 16.6 Å². The second kappa shape index (κ2) is 9.59. The molecule has 2 aromatic carbocycles. The highest BCUT2D eigenvalue weighted by Gasteiger charge is 2.34. The summed E-state index contributed by atoms with van der Waals surface area (Å²) in [5, 5.41) is 15.4. The lowest BCUT2D eigenvalue weighted by Gasteiger charge is -2.38. The second-order valence-electron chi connectivity index (χ2n) is 7.37. The van der Waals surface area contributed by atoms with Crippen LogP contribution < -0.4 is 10.6 Å². The van der Waals surface area contributed by atoms with E-state index in [0.29, 0.717) is 24.8 Å². The average Bonchev–Trinajstić information content (AvgIpc) is 3.27. The van der Waals surface area contributed by atoms with Crippen LogP contribution in [0.2, 0.25) is 0 Å². The maximum atomic E-state index is 13.4. The van der Waals surface area contributed by atoms with Crippen molar-refractivity contribution in [3.63, 3.8) is 0 Å². The summed E-state index contributed by atoms with van der Waals surface area (Å²) in [6, 6.07) is 12.4. The average molecular weight is 445 g/mol. The van der Waals surface area contributed by atoms with Crippen LogP contribution in [0.5, 0.6) is 0 Å². The van der Waals surface area contributed by atoms with Crippen LogP contribution in [-0.2, 0) is 23.4 Å². The van der Waals surface area contributed by atoms with Crippen molar-refractivity contribution in [2.75, 3.05) is 13.2 Å². The number of amides is 1. The molecular weight excluding hydrogens is 422 g/mol. The Bertz CT molecular complexity index is 1020. The van der Waals surface area contributed by atoms with Crippen molar-refractivity contribution in [1.29, 1.82) is 0 Å². The normalized spacial score (nSPS) is 15.5. The van der Waals surface area contributed by atoms with Gasteiger partial charge in [0, 0.05) is 25.3 Å². The first-order valence-corrected chi connectivity index (χ1v) is 10.8. The number of carbonyl (C=O) groups is 1. The zero-order valence-electron chi connectivity index (χ0n) is 16.7. The molecule has 162 valence electrons. The van der Waals surface area contributed by atoms with Crippen LogP contribution in [0.1, 0.15) is 38.8 Å². The second-order valence-corrected chi connectivity index (χ2v) is 8.43. The van der Waals surface area contributed by atoms with Gasteiger partial charge in [0.25, 0.3) is 5.91 Å². The standard InChI is InChI=1S/C22H22F2N4O2S/c23-17-5-1-15(2-6-17)13-25-20(29)21-28-27-19(31-21)14-26-22(9-11-30-12-10-22)16-3-7-18(24)8-4-16/h1-8,26H,9-14H2,(H,25,29). The minimum atomic E-state index is -0.345. The number of carbonyl (C=O) groups excluding carboxylic acids is 1. The summed E-state index contributed by atoms with van der Waals surface area (Å²) in [5.41, 5.74) is 1.45. The summed E-state index contributed by atoms with van der Waals surface area (Å²) >= 11 is 1.22. The van der Waals surface area contributed by atoms with E-state index in [4.69, 9.17) is 4.74 Å². The highest BCUT2D eigenvalue weighted by molar-refractivity contribution is 7.13. The SMILES string of the molecule is O=C(NCc1ccc(F)cc1)c1nnc(CNC2(c3ccc(F)cc3)CCOCC2)s1. The van der Waals surface area contributed by atoms with Gasteiger partial charge < -0.3 is 15.4 Å². The first kappa shape index (κ1) is 21.5. The molecule has 1 saturated heterocycles. The summed E-state index contributed by atoms with van der Waals surface area (Å²) in [5.74, 6) is -0.918. The number of hydrogen-bond donors (Lipinski definition) is 2. The summed E-state index contributed by atoms with van der Waals surface area (Å²) in [7, 11) is 0. The number of nitrogens with one attached hydrogen (secondary N) is 2. The molecule has 0 unspecified atom stereocenters. The van der Waals surface area contributed by atoms with E-state index in [1.807, 2.05) is 0 Å². The molecule has 1 aromatic heterocycles. The number of benzene rings is 2. The van der Waals surface area contributed by atoms with Crippen LogP contribution in [0.15, 0.2) is 48.5 Å². The number of hydrogen-bond acceptors (Lipinski definition) is 6. The van der Waals surface area contributed by atoms with Crippen LogP contribution in [0.3, 0.4) is 0 Å². The van der Waals surface area contributed by atoms with E-state index in [-0.39, 0.29) is 34.6 Å². The summed E-state index contributed by atoms with van der Waals surface area (Å²) in [6.45, 7) is 1.93. The fourth-order valence-corrected chi connectivity index (χ4v) is 4.27. The molecule has 2 heterocycles. The van der Waals surface area contributed by atoms with Crippen molar-refractivity contribution >= 4 is 17.2 Å². The predicted molar refractivity (Wildman–Crippen MR) is 112 cm³/mol. The van der Waals surface area contributed by atoms with E-state index in [9.17, 15) is 13.6 Å². The van der Waals surface area contributed by atoms with Gasteiger partial charge in [-0.05, 0) is 48.2 Å². The Kier molecular flexibility index (Phi) is 6.64. The van der Waals surface area contributed by atoms with Gasteiger partial charge in [-0.2, -0.15) is 0 Å². The van der Waals surface area contributed by atoms with Crippen molar-refractivity contribution in [1.82, 2.24) is 20.8 Å². The first-order valence-electron chi connectivity index (χ1n) is 9.98. The molecule has 3 aromatic rings. The van der Waals surface area contributed by atoms with E-state index in [1.165, 1.54) is 35.6 Å². The minimum absolute atomic E-state index is 0.265. The largest absolute Gasteiger partial charge is 0.381 e. The molecule has 0 spiro atoms. The zero-order valence-corrected chi connectivity index (χ0v) is 17.6. The highest BCUT2D eigenvalue weighted by Crippen LogP contribution is 2.33. The minimum Gasteiger partial charge on any atom is -0.381 e. The van der Waals surface area contributed by atoms with Gasteiger partial charge in [0.15, 0.2) is 0 Å². The molecule has 1 amide bonds. The third-order valence-corrected chi connectivity index (χ3v) is 6.27. The molecule has 1 aliphatic rings.